The van der Waals surface area contributed by atoms with E-state index < -0.39 is 17.5 Å². The molecule has 0 saturated carbocycles. The Morgan fingerprint density at radius 2 is 2.00 bits per heavy atom. The lowest BCUT2D eigenvalue weighted by Gasteiger charge is -2.20. The van der Waals surface area contributed by atoms with Gasteiger partial charge in [0.2, 0.25) is 0 Å². The molecule has 1 rings (SSSR count). The fourth-order valence-corrected chi connectivity index (χ4v) is 1.62. The van der Waals surface area contributed by atoms with Crippen LogP contribution in [0.15, 0.2) is 16.6 Å². The predicted octanol–water partition coefficient (Wildman–Crippen LogP) is 3.94. The Kier molecular flexibility index (Phi) is 4.56. The maximum atomic E-state index is 13.5. The zero-order chi connectivity index (χ0) is 13.9. The van der Waals surface area contributed by atoms with Crippen LogP contribution in [0.25, 0.3) is 0 Å². The van der Waals surface area contributed by atoms with Crippen molar-refractivity contribution >= 4 is 27.7 Å². The number of hydrogen-bond donors (Lipinski definition) is 1. The normalized spacial score (nSPS) is 11.0. The van der Waals surface area contributed by atoms with Crippen LogP contribution < -0.4 is 10.1 Å². The fourth-order valence-electron chi connectivity index (χ4n) is 1.19. The van der Waals surface area contributed by atoms with Gasteiger partial charge >= 0.3 is 6.09 Å². The number of halogens is 2. The number of anilines is 1. The van der Waals surface area contributed by atoms with E-state index in [0.29, 0.717) is 4.47 Å². The van der Waals surface area contributed by atoms with Crippen molar-refractivity contribution in [2.24, 2.45) is 0 Å². The van der Waals surface area contributed by atoms with Crippen molar-refractivity contribution in [3.8, 4) is 5.75 Å². The van der Waals surface area contributed by atoms with Crippen molar-refractivity contribution in [1.29, 1.82) is 0 Å². The second kappa shape index (κ2) is 5.56. The van der Waals surface area contributed by atoms with Crippen molar-refractivity contribution < 1.29 is 18.7 Å². The Bertz CT molecular complexity index is 457. The first kappa shape index (κ1) is 14.8. The minimum atomic E-state index is -0.646. The standard InChI is InChI=1S/C12H15BrFNO3/c1-12(2,3)18-11(16)15-9-6-8(14)10(17-4)5-7(9)13/h5-6H,1-4H3,(H,15,16). The Balaban J connectivity index is 2.86. The van der Waals surface area contributed by atoms with E-state index in [4.69, 9.17) is 9.47 Å². The molecule has 1 aromatic carbocycles. The van der Waals surface area contributed by atoms with E-state index in [1.807, 2.05) is 0 Å². The van der Waals surface area contributed by atoms with Crippen molar-refractivity contribution in [2.75, 3.05) is 12.4 Å². The smallest absolute Gasteiger partial charge is 0.412 e. The summed E-state index contributed by atoms with van der Waals surface area (Å²) in [6.07, 6.45) is -0.646. The highest BCUT2D eigenvalue weighted by molar-refractivity contribution is 9.10. The quantitative estimate of drug-likeness (QED) is 0.898. The third-order valence-electron chi connectivity index (χ3n) is 1.88. The summed E-state index contributed by atoms with van der Waals surface area (Å²) in [5.74, 6) is -0.469. The maximum absolute atomic E-state index is 13.5. The molecule has 0 aliphatic rings. The molecule has 100 valence electrons. The number of nitrogens with one attached hydrogen (secondary N) is 1. The topological polar surface area (TPSA) is 47.6 Å². The zero-order valence-corrected chi connectivity index (χ0v) is 12.2. The minimum Gasteiger partial charge on any atom is -0.494 e. The second-order valence-corrected chi connectivity index (χ2v) is 5.45. The van der Waals surface area contributed by atoms with E-state index in [9.17, 15) is 9.18 Å². The van der Waals surface area contributed by atoms with Gasteiger partial charge < -0.3 is 9.47 Å². The van der Waals surface area contributed by atoms with Crippen LogP contribution in [-0.4, -0.2) is 18.8 Å². The molecule has 1 N–H and O–H groups in total. The molecule has 0 radical (unpaired) electrons. The number of benzene rings is 1. The SMILES string of the molecule is COc1cc(Br)c(NC(=O)OC(C)(C)C)cc1F. The van der Waals surface area contributed by atoms with Crippen molar-refractivity contribution in [3.05, 3.63) is 22.4 Å². The van der Waals surface area contributed by atoms with Gasteiger partial charge in [0.1, 0.15) is 5.60 Å². The van der Waals surface area contributed by atoms with Gasteiger partial charge in [0.25, 0.3) is 0 Å². The van der Waals surface area contributed by atoms with Gasteiger partial charge in [0, 0.05) is 10.5 Å². The minimum absolute atomic E-state index is 0.0941. The van der Waals surface area contributed by atoms with Gasteiger partial charge in [-0.2, -0.15) is 0 Å². The van der Waals surface area contributed by atoms with Crippen LogP contribution >= 0.6 is 15.9 Å². The number of methoxy groups -OCH3 is 1. The molecule has 0 aromatic heterocycles. The van der Waals surface area contributed by atoms with Crippen molar-refractivity contribution in [2.45, 2.75) is 26.4 Å². The van der Waals surface area contributed by atoms with Gasteiger partial charge in [-0.3, -0.25) is 5.32 Å². The predicted molar refractivity (Wildman–Crippen MR) is 70.5 cm³/mol. The van der Waals surface area contributed by atoms with Crippen LogP contribution in [-0.2, 0) is 4.74 Å². The summed E-state index contributed by atoms with van der Waals surface area (Å²) in [5, 5.41) is 2.46. The molecule has 0 aliphatic heterocycles. The zero-order valence-electron chi connectivity index (χ0n) is 10.6. The monoisotopic (exact) mass is 319 g/mol. The molecular formula is C12H15BrFNO3. The number of carbonyl (C=O) groups excluding carboxylic acids is 1. The highest BCUT2D eigenvalue weighted by Crippen LogP contribution is 2.30. The first-order valence-electron chi connectivity index (χ1n) is 5.26. The molecule has 1 amide bonds. The first-order chi connectivity index (χ1) is 8.23. The number of ether oxygens (including phenoxy) is 2. The molecule has 0 atom stereocenters. The summed E-state index contributed by atoms with van der Waals surface area (Å²) < 4.78 is 23.9. The van der Waals surface area contributed by atoms with Crippen LogP contribution in [0.3, 0.4) is 0 Å². The average Bonchev–Trinajstić information content (AvgIpc) is 2.20. The Hall–Kier alpha value is -1.30. The van der Waals surface area contributed by atoms with E-state index in [-0.39, 0.29) is 11.4 Å². The van der Waals surface area contributed by atoms with Gasteiger partial charge in [-0.1, -0.05) is 0 Å². The molecule has 0 unspecified atom stereocenters. The number of amides is 1. The van der Waals surface area contributed by atoms with E-state index in [1.54, 1.807) is 20.8 Å². The number of hydrogen-bond acceptors (Lipinski definition) is 3. The molecule has 0 heterocycles. The lowest BCUT2D eigenvalue weighted by molar-refractivity contribution is 0.0636. The molecule has 6 heteroatoms. The maximum Gasteiger partial charge on any atom is 0.412 e. The number of carbonyl (C=O) groups is 1. The van der Waals surface area contributed by atoms with Gasteiger partial charge in [-0.15, -0.1) is 0 Å². The summed E-state index contributed by atoms with van der Waals surface area (Å²) in [6, 6.07) is 2.59. The molecule has 0 spiro atoms. The Morgan fingerprint density at radius 1 is 1.39 bits per heavy atom. The molecule has 18 heavy (non-hydrogen) atoms. The largest absolute Gasteiger partial charge is 0.494 e. The molecular weight excluding hydrogens is 305 g/mol. The lowest BCUT2D eigenvalue weighted by atomic mass is 10.2. The molecule has 0 fully saturated rings. The summed E-state index contributed by atoms with van der Waals surface area (Å²) in [7, 11) is 1.37. The van der Waals surface area contributed by atoms with Crippen LogP contribution in [0.4, 0.5) is 14.9 Å². The van der Waals surface area contributed by atoms with Gasteiger partial charge in [-0.25, -0.2) is 9.18 Å². The van der Waals surface area contributed by atoms with E-state index >= 15 is 0 Å². The van der Waals surface area contributed by atoms with Crippen molar-refractivity contribution in [1.82, 2.24) is 0 Å². The summed E-state index contributed by atoms with van der Waals surface area (Å²) >= 11 is 3.21. The number of rotatable bonds is 2. The Labute approximate surface area is 114 Å². The van der Waals surface area contributed by atoms with Crippen LogP contribution in [0.2, 0.25) is 0 Å². The highest BCUT2D eigenvalue weighted by atomic mass is 79.9. The molecule has 0 aliphatic carbocycles. The third-order valence-corrected chi connectivity index (χ3v) is 2.53. The second-order valence-electron chi connectivity index (χ2n) is 4.59. The van der Waals surface area contributed by atoms with Crippen molar-refractivity contribution in [3.63, 3.8) is 0 Å². The summed E-state index contributed by atoms with van der Waals surface area (Å²) in [6.45, 7) is 5.24. The van der Waals surface area contributed by atoms with Crippen LogP contribution in [0.1, 0.15) is 20.8 Å². The van der Waals surface area contributed by atoms with Gasteiger partial charge in [0.15, 0.2) is 11.6 Å². The lowest BCUT2D eigenvalue weighted by Crippen LogP contribution is -2.27. The van der Waals surface area contributed by atoms with Gasteiger partial charge in [0.05, 0.1) is 12.8 Å². The van der Waals surface area contributed by atoms with E-state index in [0.717, 1.165) is 6.07 Å². The highest BCUT2D eigenvalue weighted by Gasteiger charge is 2.18. The van der Waals surface area contributed by atoms with Crippen LogP contribution in [0.5, 0.6) is 5.75 Å². The molecule has 0 saturated heterocycles. The summed E-state index contributed by atoms with van der Waals surface area (Å²) in [4.78, 5) is 11.5. The van der Waals surface area contributed by atoms with Gasteiger partial charge in [-0.05, 0) is 42.8 Å². The molecule has 0 bridgehead atoms. The first-order valence-corrected chi connectivity index (χ1v) is 6.05. The fraction of sp³-hybridized carbons (Fsp3) is 0.417. The average molecular weight is 320 g/mol. The molecule has 4 nitrogen and oxygen atoms in total. The van der Waals surface area contributed by atoms with Crippen LogP contribution in [0, 0.1) is 5.82 Å². The van der Waals surface area contributed by atoms with E-state index in [1.165, 1.54) is 13.2 Å². The van der Waals surface area contributed by atoms with E-state index in [2.05, 4.69) is 21.2 Å². The summed E-state index contributed by atoms with van der Waals surface area (Å²) in [5.41, 5.74) is -0.329. The Morgan fingerprint density at radius 3 is 2.50 bits per heavy atom. The third kappa shape index (κ3) is 4.18. The molecule has 1 aromatic rings.